The second-order valence-electron chi connectivity index (χ2n) is 6.68. The van der Waals surface area contributed by atoms with Crippen molar-refractivity contribution >= 4 is 27.6 Å². The number of nitrogens with one attached hydrogen (secondary N) is 1. The van der Waals surface area contributed by atoms with Gasteiger partial charge in [0.1, 0.15) is 0 Å². The second kappa shape index (κ2) is 9.85. The predicted octanol–water partition coefficient (Wildman–Crippen LogP) is 0.742. The molecule has 1 aliphatic heterocycles. The van der Waals surface area contributed by atoms with Crippen molar-refractivity contribution in [1.82, 2.24) is 14.7 Å². The van der Waals surface area contributed by atoms with E-state index < -0.39 is 10.0 Å². The second-order valence-corrected chi connectivity index (χ2v) is 8.24. The first-order valence-corrected chi connectivity index (χ1v) is 11.0. The van der Waals surface area contributed by atoms with Crippen molar-refractivity contribution < 1.29 is 18.0 Å². The van der Waals surface area contributed by atoms with E-state index in [0.717, 1.165) is 13.0 Å². The smallest absolute Gasteiger partial charge is 0.321 e. The molecule has 156 valence electrons. The van der Waals surface area contributed by atoms with Crippen molar-refractivity contribution in [2.24, 2.45) is 5.14 Å². The Morgan fingerprint density at radius 3 is 2.29 bits per heavy atom. The Labute approximate surface area is 166 Å². The molecular weight excluding hydrogens is 382 g/mol. The van der Waals surface area contributed by atoms with Crippen LogP contribution in [0.1, 0.15) is 20.3 Å². The van der Waals surface area contributed by atoms with Gasteiger partial charge in [0.15, 0.2) is 0 Å². The molecule has 0 radical (unpaired) electrons. The van der Waals surface area contributed by atoms with Crippen LogP contribution >= 0.6 is 0 Å². The Kier molecular flexibility index (Phi) is 7.78. The highest BCUT2D eigenvalue weighted by molar-refractivity contribution is 7.89. The van der Waals surface area contributed by atoms with E-state index in [-0.39, 0.29) is 16.8 Å². The lowest BCUT2D eigenvalue weighted by atomic mass is 10.3. The van der Waals surface area contributed by atoms with E-state index >= 15 is 0 Å². The van der Waals surface area contributed by atoms with E-state index in [9.17, 15) is 18.0 Å². The van der Waals surface area contributed by atoms with Crippen LogP contribution in [0.3, 0.4) is 0 Å². The van der Waals surface area contributed by atoms with Crippen LogP contribution in [0.2, 0.25) is 0 Å². The summed E-state index contributed by atoms with van der Waals surface area (Å²) in [7, 11) is -3.76. The monoisotopic (exact) mass is 411 g/mol. The first kappa shape index (κ1) is 22.1. The summed E-state index contributed by atoms with van der Waals surface area (Å²) in [5.41, 5.74) is 0.496. The third-order valence-corrected chi connectivity index (χ3v) is 5.71. The average molecular weight is 412 g/mol. The molecule has 0 bridgehead atoms. The van der Waals surface area contributed by atoms with Crippen molar-refractivity contribution in [3.63, 3.8) is 0 Å². The largest absolute Gasteiger partial charge is 0.342 e. The van der Waals surface area contributed by atoms with E-state index in [2.05, 4.69) is 10.2 Å². The van der Waals surface area contributed by atoms with Gasteiger partial charge in [0, 0.05) is 45.0 Å². The lowest BCUT2D eigenvalue weighted by Gasteiger charge is -2.25. The number of primary sulfonamides is 1. The number of sulfonamides is 1. The minimum absolute atomic E-state index is 0.00576. The third kappa shape index (κ3) is 6.18. The van der Waals surface area contributed by atoms with Crippen LogP contribution < -0.4 is 10.5 Å². The van der Waals surface area contributed by atoms with Crippen LogP contribution in [0.5, 0.6) is 0 Å². The van der Waals surface area contributed by atoms with Crippen LogP contribution in [-0.2, 0) is 14.8 Å². The van der Waals surface area contributed by atoms with Crippen LogP contribution in [-0.4, -0.2) is 80.9 Å². The summed E-state index contributed by atoms with van der Waals surface area (Å²) < 4.78 is 22.6. The van der Waals surface area contributed by atoms with E-state index in [4.69, 9.17) is 5.14 Å². The van der Waals surface area contributed by atoms with Gasteiger partial charge >= 0.3 is 6.03 Å². The fraction of sp³-hybridized carbons (Fsp3) is 0.556. The van der Waals surface area contributed by atoms with E-state index in [1.54, 1.807) is 9.80 Å². The number of urea groups is 1. The fourth-order valence-corrected chi connectivity index (χ4v) is 3.65. The molecule has 0 saturated carbocycles. The summed E-state index contributed by atoms with van der Waals surface area (Å²) >= 11 is 0. The number of likely N-dealkylation sites (N-methyl/N-ethyl adjacent to an activating group) is 1. The van der Waals surface area contributed by atoms with Crippen LogP contribution in [0.4, 0.5) is 10.5 Å². The SMILES string of the molecule is CCN(CC)C(=O)CN1CCCN(C(=O)Nc2ccc(S(N)(=O)=O)cc2)CC1. The Morgan fingerprint density at radius 2 is 1.71 bits per heavy atom. The summed E-state index contributed by atoms with van der Waals surface area (Å²) in [6.45, 7) is 8.20. The van der Waals surface area contributed by atoms with Gasteiger partial charge in [-0.15, -0.1) is 0 Å². The first-order valence-electron chi connectivity index (χ1n) is 9.43. The summed E-state index contributed by atoms with van der Waals surface area (Å²) in [5, 5.41) is 7.84. The Balaban J connectivity index is 1.89. The number of nitrogens with zero attached hydrogens (tertiary/aromatic N) is 3. The summed E-state index contributed by atoms with van der Waals surface area (Å²) in [5.74, 6) is 0.109. The molecule has 1 aromatic carbocycles. The quantitative estimate of drug-likeness (QED) is 0.716. The topological polar surface area (TPSA) is 116 Å². The highest BCUT2D eigenvalue weighted by Crippen LogP contribution is 2.14. The molecule has 0 atom stereocenters. The van der Waals surface area contributed by atoms with E-state index in [1.807, 2.05) is 13.8 Å². The predicted molar refractivity (Wildman–Crippen MR) is 107 cm³/mol. The molecule has 0 aliphatic carbocycles. The number of carbonyl (C=O) groups is 2. The van der Waals surface area contributed by atoms with Gasteiger partial charge < -0.3 is 15.1 Å². The first-order chi connectivity index (χ1) is 13.2. The number of anilines is 1. The molecule has 1 saturated heterocycles. The van der Waals surface area contributed by atoms with Gasteiger partial charge in [-0.3, -0.25) is 9.69 Å². The standard InChI is InChI=1S/C18H29N5O4S/c1-3-22(4-2)17(24)14-21-10-5-11-23(13-12-21)18(25)20-15-6-8-16(9-7-15)28(19,26)27/h6-9H,3-5,10-14H2,1-2H3,(H,20,25)(H2,19,26,27). The molecule has 1 aromatic rings. The summed E-state index contributed by atoms with van der Waals surface area (Å²) in [6, 6.07) is 5.47. The molecule has 1 heterocycles. The van der Waals surface area contributed by atoms with Crippen LogP contribution in [0.15, 0.2) is 29.2 Å². The zero-order valence-corrected chi connectivity index (χ0v) is 17.2. The Bertz CT molecular complexity index is 778. The minimum atomic E-state index is -3.76. The number of hydrogen-bond acceptors (Lipinski definition) is 5. The highest BCUT2D eigenvalue weighted by Gasteiger charge is 2.22. The maximum atomic E-state index is 12.5. The number of amides is 3. The number of carbonyl (C=O) groups excluding carboxylic acids is 2. The van der Waals surface area contributed by atoms with Gasteiger partial charge in [0.2, 0.25) is 15.9 Å². The molecule has 3 amide bonds. The van der Waals surface area contributed by atoms with Gasteiger partial charge in [-0.05, 0) is 44.5 Å². The normalized spacial score (nSPS) is 15.8. The number of nitrogens with two attached hydrogens (primary N) is 1. The molecule has 9 nitrogen and oxygen atoms in total. The number of rotatable bonds is 6. The van der Waals surface area contributed by atoms with Crippen molar-refractivity contribution in [3.05, 3.63) is 24.3 Å². The molecule has 10 heteroatoms. The minimum Gasteiger partial charge on any atom is -0.342 e. The fourth-order valence-electron chi connectivity index (χ4n) is 3.13. The lowest BCUT2D eigenvalue weighted by Crippen LogP contribution is -2.42. The maximum absolute atomic E-state index is 12.5. The molecule has 28 heavy (non-hydrogen) atoms. The highest BCUT2D eigenvalue weighted by atomic mass is 32.2. The maximum Gasteiger partial charge on any atom is 0.321 e. The van der Waals surface area contributed by atoms with Gasteiger partial charge in [-0.2, -0.15) is 0 Å². The Hall–Kier alpha value is -2.17. The average Bonchev–Trinajstić information content (AvgIpc) is 2.88. The molecular formula is C18H29N5O4S. The molecule has 0 spiro atoms. The third-order valence-electron chi connectivity index (χ3n) is 4.78. The van der Waals surface area contributed by atoms with Crippen LogP contribution in [0.25, 0.3) is 0 Å². The van der Waals surface area contributed by atoms with Gasteiger partial charge in [0.05, 0.1) is 11.4 Å². The van der Waals surface area contributed by atoms with Gasteiger partial charge in [-0.1, -0.05) is 0 Å². The number of benzene rings is 1. The van der Waals surface area contributed by atoms with E-state index in [1.165, 1.54) is 24.3 Å². The molecule has 3 N–H and O–H groups in total. The number of hydrogen-bond donors (Lipinski definition) is 2. The molecule has 2 rings (SSSR count). The van der Waals surface area contributed by atoms with E-state index in [0.29, 0.717) is 45.0 Å². The van der Waals surface area contributed by atoms with Crippen molar-refractivity contribution in [3.8, 4) is 0 Å². The van der Waals surface area contributed by atoms with Gasteiger partial charge in [-0.25, -0.2) is 18.4 Å². The zero-order chi connectivity index (χ0) is 20.7. The lowest BCUT2D eigenvalue weighted by molar-refractivity contribution is -0.132. The molecule has 1 fully saturated rings. The van der Waals surface area contributed by atoms with Crippen molar-refractivity contribution in [1.29, 1.82) is 0 Å². The molecule has 0 unspecified atom stereocenters. The zero-order valence-electron chi connectivity index (χ0n) is 16.4. The Morgan fingerprint density at radius 1 is 1.07 bits per heavy atom. The van der Waals surface area contributed by atoms with Gasteiger partial charge in [0.25, 0.3) is 0 Å². The van der Waals surface area contributed by atoms with Crippen molar-refractivity contribution in [2.75, 3.05) is 51.1 Å². The molecule has 1 aliphatic rings. The summed E-state index contributed by atoms with van der Waals surface area (Å²) in [6.07, 6.45) is 0.781. The van der Waals surface area contributed by atoms with Crippen molar-refractivity contribution in [2.45, 2.75) is 25.2 Å². The molecule has 0 aromatic heterocycles. The summed E-state index contributed by atoms with van der Waals surface area (Å²) in [4.78, 5) is 30.4. The van der Waals surface area contributed by atoms with Crippen LogP contribution in [0, 0.1) is 0 Å².